The van der Waals surface area contributed by atoms with Crippen LogP contribution in [0.4, 0.5) is 0 Å². The van der Waals surface area contributed by atoms with Crippen LogP contribution in [0.3, 0.4) is 0 Å². The first-order valence-electron chi connectivity index (χ1n) is 8.42. The van der Waals surface area contributed by atoms with Crippen molar-refractivity contribution in [3.05, 3.63) is 60.2 Å². The standard InChI is InChI=1S/C20H22N2O2S2/c1-24-12-4-11-22(14-15-7-9-17(23)10-8-15)20(21)26-19-13-16-5-2-3-6-18(16)25-19/h2-3,5-10,13,21,23H,4,11-12,14H2,1H3. The van der Waals surface area contributed by atoms with Crippen molar-refractivity contribution in [2.24, 2.45) is 0 Å². The molecule has 0 aliphatic carbocycles. The van der Waals surface area contributed by atoms with Gasteiger partial charge in [0.25, 0.3) is 0 Å². The highest BCUT2D eigenvalue weighted by Crippen LogP contribution is 2.34. The third kappa shape index (κ3) is 5.00. The molecule has 0 bridgehead atoms. The Kier molecular flexibility index (Phi) is 6.55. The second-order valence-electron chi connectivity index (χ2n) is 5.94. The molecule has 2 N–H and O–H groups in total. The highest BCUT2D eigenvalue weighted by Gasteiger charge is 2.14. The number of fused-ring (bicyclic) bond motifs is 1. The quantitative estimate of drug-likeness (QED) is 0.254. The van der Waals surface area contributed by atoms with Gasteiger partial charge < -0.3 is 14.7 Å². The summed E-state index contributed by atoms with van der Waals surface area (Å²) in [6.07, 6.45) is 0.865. The summed E-state index contributed by atoms with van der Waals surface area (Å²) in [7, 11) is 1.70. The van der Waals surface area contributed by atoms with Crippen LogP contribution in [0.1, 0.15) is 12.0 Å². The minimum atomic E-state index is 0.259. The molecule has 4 nitrogen and oxygen atoms in total. The first-order valence-corrected chi connectivity index (χ1v) is 10.1. The van der Waals surface area contributed by atoms with E-state index in [-0.39, 0.29) is 5.75 Å². The Balaban J connectivity index is 1.71. The molecular weight excluding hydrogens is 364 g/mol. The van der Waals surface area contributed by atoms with E-state index in [4.69, 9.17) is 10.1 Å². The van der Waals surface area contributed by atoms with Crippen LogP contribution in [0.15, 0.2) is 58.8 Å². The molecule has 136 valence electrons. The Hall–Kier alpha value is -2.02. The monoisotopic (exact) mass is 386 g/mol. The summed E-state index contributed by atoms with van der Waals surface area (Å²) >= 11 is 3.21. The van der Waals surface area contributed by atoms with Crippen LogP contribution in [0.25, 0.3) is 10.1 Å². The molecule has 3 rings (SSSR count). The summed E-state index contributed by atoms with van der Waals surface area (Å²) in [4.78, 5) is 2.06. The maximum absolute atomic E-state index is 9.46. The number of nitrogens with one attached hydrogen (secondary N) is 1. The van der Waals surface area contributed by atoms with E-state index >= 15 is 0 Å². The number of thiophene rings is 1. The van der Waals surface area contributed by atoms with Gasteiger partial charge in [0.2, 0.25) is 0 Å². The lowest BCUT2D eigenvalue weighted by molar-refractivity contribution is 0.185. The molecule has 0 aliphatic rings. The van der Waals surface area contributed by atoms with Gasteiger partial charge in [0.1, 0.15) is 5.75 Å². The fourth-order valence-electron chi connectivity index (χ4n) is 2.64. The van der Waals surface area contributed by atoms with Gasteiger partial charge in [-0.25, -0.2) is 0 Å². The third-order valence-corrected chi connectivity index (χ3v) is 6.15. The van der Waals surface area contributed by atoms with Crippen LogP contribution >= 0.6 is 23.1 Å². The van der Waals surface area contributed by atoms with Gasteiger partial charge in [-0.1, -0.05) is 30.3 Å². The molecule has 0 amide bonds. The highest BCUT2D eigenvalue weighted by atomic mass is 32.2. The zero-order chi connectivity index (χ0) is 18.4. The number of hydrogen-bond donors (Lipinski definition) is 2. The van der Waals surface area contributed by atoms with Crippen LogP contribution in [-0.4, -0.2) is 35.4 Å². The molecule has 3 aromatic rings. The van der Waals surface area contributed by atoms with Gasteiger partial charge in [-0.15, -0.1) is 11.3 Å². The molecule has 0 spiro atoms. The fourth-order valence-corrected chi connectivity index (χ4v) is 4.77. The predicted molar refractivity (Wildman–Crippen MR) is 110 cm³/mol. The molecule has 0 saturated heterocycles. The van der Waals surface area contributed by atoms with E-state index in [1.165, 1.54) is 21.8 Å². The van der Waals surface area contributed by atoms with E-state index in [9.17, 15) is 5.11 Å². The number of benzene rings is 2. The number of phenolic OH excluding ortho intramolecular Hbond substituents is 1. The number of thioether (sulfide) groups is 1. The van der Waals surface area contributed by atoms with Crippen molar-refractivity contribution in [3.8, 4) is 5.75 Å². The minimum absolute atomic E-state index is 0.259. The normalized spacial score (nSPS) is 11.0. The predicted octanol–water partition coefficient (Wildman–Crippen LogP) is 5.17. The number of hydrogen-bond acceptors (Lipinski definition) is 5. The van der Waals surface area contributed by atoms with Crippen LogP contribution in [0.5, 0.6) is 5.75 Å². The Morgan fingerprint density at radius 3 is 2.69 bits per heavy atom. The van der Waals surface area contributed by atoms with Crippen molar-refractivity contribution < 1.29 is 9.84 Å². The molecule has 1 aromatic heterocycles. The maximum Gasteiger partial charge on any atom is 0.162 e. The molecule has 6 heteroatoms. The van der Waals surface area contributed by atoms with Crippen LogP contribution in [0, 0.1) is 5.41 Å². The average molecular weight is 387 g/mol. The van der Waals surface area contributed by atoms with Crippen molar-refractivity contribution in [3.63, 3.8) is 0 Å². The van der Waals surface area contributed by atoms with E-state index in [0.29, 0.717) is 18.3 Å². The number of nitrogens with zero attached hydrogens (tertiary/aromatic N) is 1. The van der Waals surface area contributed by atoms with Crippen molar-refractivity contribution in [2.75, 3.05) is 20.3 Å². The van der Waals surface area contributed by atoms with Gasteiger partial charge in [-0.05, 0) is 53.4 Å². The van der Waals surface area contributed by atoms with Gasteiger partial charge in [-0.2, -0.15) is 0 Å². The summed E-state index contributed by atoms with van der Waals surface area (Å²) in [5.41, 5.74) is 1.07. The van der Waals surface area contributed by atoms with E-state index < -0.39 is 0 Å². The highest BCUT2D eigenvalue weighted by molar-refractivity contribution is 8.15. The maximum atomic E-state index is 9.46. The first-order chi connectivity index (χ1) is 12.7. The number of rotatable bonds is 7. The average Bonchev–Trinajstić information content (AvgIpc) is 3.05. The number of ether oxygens (including phenoxy) is 1. The Bertz CT molecular complexity index is 829. The summed E-state index contributed by atoms with van der Waals surface area (Å²) in [6, 6.07) is 17.6. The molecule has 26 heavy (non-hydrogen) atoms. The van der Waals surface area contributed by atoms with Crippen LogP contribution in [-0.2, 0) is 11.3 Å². The first kappa shape index (κ1) is 18.8. The van der Waals surface area contributed by atoms with Crippen LogP contribution in [0.2, 0.25) is 0 Å². The summed E-state index contributed by atoms with van der Waals surface area (Å²) in [5, 5.41) is 19.8. The number of aromatic hydroxyl groups is 1. The minimum Gasteiger partial charge on any atom is -0.508 e. The van der Waals surface area contributed by atoms with Gasteiger partial charge in [0, 0.05) is 31.5 Å². The van der Waals surface area contributed by atoms with E-state index in [1.807, 2.05) is 24.3 Å². The van der Waals surface area contributed by atoms with E-state index in [0.717, 1.165) is 22.7 Å². The number of amidine groups is 1. The smallest absolute Gasteiger partial charge is 0.162 e. The molecular formula is C20H22N2O2S2. The van der Waals surface area contributed by atoms with Crippen molar-refractivity contribution in [1.29, 1.82) is 5.41 Å². The molecule has 0 atom stereocenters. The molecule has 0 aliphatic heterocycles. The lowest BCUT2D eigenvalue weighted by atomic mass is 10.2. The summed E-state index contributed by atoms with van der Waals surface area (Å²) in [6.45, 7) is 2.07. The summed E-state index contributed by atoms with van der Waals surface area (Å²) < 4.78 is 7.53. The molecule has 2 aromatic carbocycles. The van der Waals surface area contributed by atoms with Crippen molar-refractivity contribution in [1.82, 2.24) is 4.90 Å². The zero-order valence-corrected chi connectivity index (χ0v) is 16.3. The zero-order valence-electron chi connectivity index (χ0n) is 14.6. The van der Waals surface area contributed by atoms with E-state index in [1.54, 1.807) is 30.6 Å². The third-order valence-electron chi connectivity index (χ3n) is 3.97. The molecule has 0 fully saturated rings. The molecule has 1 heterocycles. The molecule has 0 saturated carbocycles. The Morgan fingerprint density at radius 2 is 1.96 bits per heavy atom. The van der Waals surface area contributed by atoms with Gasteiger partial charge >= 0.3 is 0 Å². The Labute approximate surface area is 161 Å². The number of methoxy groups -OCH3 is 1. The summed E-state index contributed by atoms with van der Waals surface area (Å²) in [5.74, 6) is 0.259. The number of phenols is 1. The van der Waals surface area contributed by atoms with Crippen molar-refractivity contribution >= 4 is 38.4 Å². The van der Waals surface area contributed by atoms with Gasteiger partial charge in [-0.3, -0.25) is 5.41 Å². The molecule has 0 radical (unpaired) electrons. The lowest BCUT2D eigenvalue weighted by Gasteiger charge is -2.24. The van der Waals surface area contributed by atoms with Crippen molar-refractivity contribution in [2.45, 2.75) is 17.2 Å². The fraction of sp³-hybridized carbons (Fsp3) is 0.250. The second-order valence-corrected chi connectivity index (χ2v) is 8.32. The van der Waals surface area contributed by atoms with Crippen LogP contribution < -0.4 is 0 Å². The second kappa shape index (κ2) is 9.07. The SMILES string of the molecule is COCCCN(Cc1ccc(O)cc1)C(=N)Sc1cc2ccccc2s1. The largest absolute Gasteiger partial charge is 0.508 e. The molecule has 0 unspecified atom stereocenters. The van der Waals surface area contributed by atoms with E-state index in [2.05, 4.69) is 23.1 Å². The lowest BCUT2D eigenvalue weighted by Crippen LogP contribution is -2.29. The van der Waals surface area contributed by atoms with Gasteiger partial charge in [0.15, 0.2) is 5.17 Å². The Morgan fingerprint density at radius 1 is 1.19 bits per heavy atom. The van der Waals surface area contributed by atoms with Gasteiger partial charge in [0.05, 0.1) is 4.21 Å². The topological polar surface area (TPSA) is 56.6 Å².